The summed E-state index contributed by atoms with van der Waals surface area (Å²) in [6.45, 7) is 6.80. The molecule has 27 heavy (non-hydrogen) atoms. The largest absolute Gasteiger partial charge is 0.368 e. The normalized spacial score (nSPS) is 14.9. The van der Waals surface area contributed by atoms with Gasteiger partial charge in [0.15, 0.2) is 5.96 Å². The van der Waals surface area contributed by atoms with Crippen LogP contribution in [0, 0.1) is 6.92 Å². The molecule has 2 heterocycles. The topological polar surface area (TPSA) is 48.7 Å². The minimum atomic E-state index is 0. The number of aliphatic imine (C=N–C) groups is 1. The number of anilines is 1. The van der Waals surface area contributed by atoms with Crippen molar-refractivity contribution in [1.29, 1.82) is 0 Å². The van der Waals surface area contributed by atoms with Gasteiger partial charge in [0.05, 0.1) is 6.20 Å². The van der Waals surface area contributed by atoms with E-state index in [-0.39, 0.29) is 24.0 Å². The van der Waals surface area contributed by atoms with E-state index in [9.17, 15) is 0 Å². The van der Waals surface area contributed by atoms with Gasteiger partial charge in [-0.15, -0.1) is 24.0 Å². The first kappa shape index (κ1) is 21.8. The van der Waals surface area contributed by atoms with Gasteiger partial charge in [-0.1, -0.05) is 17.7 Å². The number of aryl methyl sites for hydroxylation is 2. The molecule has 148 valence electrons. The molecular formula is C19H28ClIN6. The van der Waals surface area contributed by atoms with Crippen molar-refractivity contribution >= 4 is 47.2 Å². The molecule has 1 aliphatic heterocycles. The Bertz CT molecular complexity index is 767. The molecule has 1 aliphatic rings. The molecule has 2 aromatic rings. The van der Waals surface area contributed by atoms with E-state index in [0.717, 1.165) is 50.1 Å². The van der Waals surface area contributed by atoms with E-state index >= 15 is 0 Å². The molecule has 1 aromatic carbocycles. The zero-order chi connectivity index (χ0) is 18.5. The lowest BCUT2D eigenvalue weighted by molar-refractivity contribution is 0.373. The van der Waals surface area contributed by atoms with Crippen LogP contribution in [0.2, 0.25) is 5.02 Å². The number of benzene rings is 1. The molecule has 1 saturated heterocycles. The first-order valence-electron chi connectivity index (χ1n) is 9.01. The van der Waals surface area contributed by atoms with Gasteiger partial charge in [0.1, 0.15) is 0 Å². The van der Waals surface area contributed by atoms with E-state index in [1.54, 1.807) is 0 Å². The third-order valence-corrected chi connectivity index (χ3v) is 4.99. The van der Waals surface area contributed by atoms with E-state index < -0.39 is 0 Å². The fraction of sp³-hybridized carbons (Fsp3) is 0.474. The fourth-order valence-corrected chi connectivity index (χ4v) is 3.50. The Labute approximate surface area is 183 Å². The van der Waals surface area contributed by atoms with Crippen molar-refractivity contribution in [2.24, 2.45) is 12.0 Å². The van der Waals surface area contributed by atoms with Gasteiger partial charge in [-0.2, -0.15) is 5.10 Å². The Morgan fingerprint density at radius 2 is 2.00 bits per heavy atom. The molecule has 0 atom stereocenters. The average Bonchev–Trinajstić information content (AvgIpc) is 3.06. The zero-order valence-corrected chi connectivity index (χ0v) is 19.2. The molecule has 0 spiro atoms. The lowest BCUT2D eigenvalue weighted by Crippen LogP contribution is -2.53. The predicted molar refractivity (Wildman–Crippen MR) is 124 cm³/mol. The summed E-state index contributed by atoms with van der Waals surface area (Å²) < 4.78 is 1.83. The first-order chi connectivity index (χ1) is 12.6. The standard InChI is InChI=1S/C19H27ClN6.HI/c1-15-4-5-17(20)12-18(15)25-8-10-26(11-9-25)19(21-2)22-7-6-16-13-23-24(3)14-16;/h4-5,12-14H,6-11H2,1-3H3,(H,21,22);1H. The third kappa shape index (κ3) is 5.75. The number of nitrogens with zero attached hydrogens (tertiary/aromatic N) is 5. The second-order valence-electron chi connectivity index (χ2n) is 6.65. The van der Waals surface area contributed by atoms with Crippen molar-refractivity contribution in [1.82, 2.24) is 20.0 Å². The van der Waals surface area contributed by atoms with E-state index in [1.165, 1.54) is 16.8 Å². The zero-order valence-electron chi connectivity index (χ0n) is 16.2. The predicted octanol–water partition coefficient (Wildman–Crippen LogP) is 2.94. The monoisotopic (exact) mass is 502 g/mol. The maximum absolute atomic E-state index is 6.17. The van der Waals surface area contributed by atoms with Crippen LogP contribution >= 0.6 is 35.6 Å². The number of hydrogen-bond acceptors (Lipinski definition) is 3. The van der Waals surface area contributed by atoms with Gasteiger partial charge in [-0.05, 0) is 36.6 Å². The number of nitrogens with one attached hydrogen (secondary N) is 1. The van der Waals surface area contributed by atoms with Crippen LogP contribution in [-0.4, -0.2) is 60.4 Å². The second kappa shape index (κ2) is 10.2. The molecule has 0 amide bonds. The van der Waals surface area contributed by atoms with Gasteiger partial charge in [0.25, 0.3) is 0 Å². The number of piperazine rings is 1. The fourth-order valence-electron chi connectivity index (χ4n) is 3.33. The third-order valence-electron chi connectivity index (χ3n) is 4.76. The average molecular weight is 503 g/mol. The minimum absolute atomic E-state index is 0. The van der Waals surface area contributed by atoms with Crippen LogP contribution in [0.1, 0.15) is 11.1 Å². The highest BCUT2D eigenvalue weighted by Crippen LogP contribution is 2.25. The molecule has 1 fully saturated rings. The molecule has 0 bridgehead atoms. The van der Waals surface area contributed by atoms with Crippen molar-refractivity contribution < 1.29 is 0 Å². The van der Waals surface area contributed by atoms with Gasteiger partial charge in [0.2, 0.25) is 0 Å². The summed E-state index contributed by atoms with van der Waals surface area (Å²) in [5.74, 6) is 0.969. The highest BCUT2D eigenvalue weighted by Gasteiger charge is 2.20. The van der Waals surface area contributed by atoms with Crippen LogP contribution in [0.5, 0.6) is 0 Å². The molecule has 8 heteroatoms. The Morgan fingerprint density at radius 3 is 2.63 bits per heavy atom. The number of rotatable bonds is 4. The first-order valence-corrected chi connectivity index (χ1v) is 9.39. The highest BCUT2D eigenvalue weighted by molar-refractivity contribution is 14.0. The van der Waals surface area contributed by atoms with Crippen LogP contribution in [0.25, 0.3) is 0 Å². The molecule has 0 radical (unpaired) electrons. The number of halogens is 2. The Balaban J connectivity index is 0.00000261. The van der Waals surface area contributed by atoms with Crippen molar-refractivity contribution in [3.8, 4) is 0 Å². The number of hydrogen-bond donors (Lipinski definition) is 1. The second-order valence-corrected chi connectivity index (χ2v) is 7.09. The maximum Gasteiger partial charge on any atom is 0.193 e. The molecular weight excluding hydrogens is 475 g/mol. The summed E-state index contributed by atoms with van der Waals surface area (Å²) in [5.41, 5.74) is 3.73. The van der Waals surface area contributed by atoms with E-state index in [2.05, 4.69) is 50.5 Å². The summed E-state index contributed by atoms with van der Waals surface area (Å²) in [5, 5.41) is 8.47. The van der Waals surface area contributed by atoms with Gasteiger partial charge in [-0.3, -0.25) is 9.67 Å². The van der Waals surface area contributed by atoms with Crippen molar-refractivity contribution in [3.63, 3.8) is 0 Å². The van der Waals surface area contributed by atoms with Crippen LogP contribution in [0.15, 0.2) is 35.6 Å². The Hall–Kier alpha value is -1.48. The smallest absolute Gasteiger partial charge is 0.193 e. The van der Waals surface area contributed by atoms with Crippen LogP contribution < -0.4 is 10.2 Å². The lowest BCUT2D eigenvalue weighted by atomic mass is 10.1. The van der Waals surface area contributed by atoms with Gasteiger partial charge < -0.3 is 15.1 Å². The Morgan fingerprint density at radius 1 is 1.26 bits per heavy atom. The van der Waals surface area contributed by atoms with Crippen molar-refractivity contribution in [2.75, 3.05) is 44.7 Å². The van der Waals surface area contributed by atoms with Crippen LogP contribution in [0.4, 0.5) is 5.69 Å². The molecule has 1 N–H and O–H groups in total. The molecule has 3 rings (SSSR count). The summed E-state index contributed by atoms with van der Waals surface area (Å²) in [6, 6.07) is 6.10. The van der Waals surface area contributed by atoms with E-state index in [0.29, 0.717) is 0 Å². The van der Waals surface area contributed by atoms with Gasteiger partial charge in [0, 0.05) is 63.7 Å². The molecule has 0 saturated carbocycles. The molecule has 6 nitrogen and oxygen atoms in total. The van der Waals surface area contributed by atoms with Gasteiger partial charge in [-0.25, -0.2) is 0 Å². The lowest BCUT2D eigenvalue weighted by Gasteiger charge is -2.38. The van der Waals surface area contributed by atoms with E-state index in [1.807, 2.05) is 31.0 Å². The summed E-state index contributed by atoms with van der Waals surface area (Å²) in [7, 11) is 3.79. The highest BCUT2D eigenvalue weighted by atomic mass is 127. The molecule has 1 aromatic heterocycles. The van der Waals surface area contributed by atoms with Crippen molar-refractivity contribution in [3.05, 3.63) is 46.7 Å². The summed E-state index contributed by atoms with van der Waals surface area (Å²) in [4.78, 5) is 9.17. The number of aromatic nitrogens is 2. The SMILES string of the molecule is CN=C(NCCc1cnn(C)c1)N1CCN(c2cc(Cl)ccc2C)CC1.I. The van der Waals surface area contributed by atoms with Crippen LogP contribution in [0.3, 0.4) is 0 Å². The van der Waals surface area contributed by atoms with E-state index in [4.69, 9.17) is 11.6 Å². The minimum Gasteiger partial charge on any atom is -0.368 e. The van der Waals surface area contributed by atoms with Crippen molar-refractivity contribution in [2.45, 2.75) is 13.3 Å². The summed E-state index contributed by atoms with van der Waals surface area (Å²) in [6.07, 6.45) is 4.90. The van der Waals surface area contributed by atoms with Gasteiger partial charge >= 0.3 is 0 Å². The molecule has 0 aliphatic carbocycles. The van der Waals surface area contributed by atoms with Crippen LogP contribution in [-0.2, 0) is 13.5 Å². The summed E-state index contributed by atoms with van der Waals surface area (Å²) >= 11 is 6.17. The Kier molecular flexibility index (Phi) is 8.22. The molecule has 0 unspecified atom stereocenters. The number of guanidine groups is 1. The quantitative estimate of drug-likeness (QED) is 0.397. The maximum atomic E-state index is 6.17.